The van der Waals surface area contributed by atoms with Crippen LogP contribution in [0, 0.1) is 0 Å². The van der Waals surface area contributed by atoms with Crippen molar-refractivity contribution in [2.45, 2.75) is 32.8 Å². The summed E-state index contributed by atoms with van der Waals surface area (Å²) in [5.74, 6) is 0.912. The molecule has 108 valence electrons. The highest BCUT2D eigenvalue weighted by molar-refractivity contribution is 6.35. The predicted molar refractivity (Wildman–Crippen MR) is 86.8 cm³/mol. The Morgan fingerprint density at radius 1 is 1.10 bits per heavy atom. The van der Waals surface area contributed by atoms with Crippen molar-refractivity contribution in [3.05, 3.63) is 41.4 Å². The van der Waals surface area contributed by atoms with Gasteiger partial charge < -0.3 is 10.1 Å². The first-order chi connectivity index (χ1) is 9.76. The summed E-state index contributed by atoms with van der Waals surface area (Å²) in [7, 11) is 0. The molecule has 2 rings (SSSR count). The van der Waals surface area contributed by atoms with E-state index in [-0.39, 0.29) is 6.10 Å². The van der Waals surface area contributed by atoms with Gasteiger partial charge in [-0.3, -0.25) is 0 Å². The Kier molecular flexibility index (Phi) is 5.69. The second kappa shape index (κ2) is 7.51. The second-order valence-electron chi connectivity index (χ2n) is 4.94. The quantitative estimate of drug-likeness (QED) is 0.750. The highest BCUT2D eigenvalue weighted by Crippen LogP contribution is 2.31. The van der Waals surface area contributed by atoms with E-state index in [1.165, 1.54) is 0 Å². The molecular weight excluding hydrogens is 270 g/mol. The van der Waals surface area contributed by atoms with Crippen LogP contribution in [0.5, 0.6) is 5.75 Å². The molecule has 0 fully saturated rings. The summed E-state index contributed by atoms with van der Waals surface area (Å²) in [5.41, 5.74) is 0. The van der Waals surface area contributed by atoms with Crippen molar-refractivity contribution in [1.82, 2.24) is 5.32 Å². The first kappa shape index (κ1) is 15.1. The van der Waals surface area contributed by atoms with E-state index < -0.39 is 0 Å². The molecule has 1 atom stereocenters. The third kappa shape index (κ3) is 3.65. The van der Waals surface area contributed by atoms with Crippen LogP contribution in [0.3, 0.4) is 0 Å². The maximum atomic E-state index is 6.23. The molecule has 0 radical (unpaired) electrons. The molecule has 20 heavy (non-hydrogen) atoms. The number of rotatable bonds is 7. The summed E-state index contributed by atoms with van der Waals surface area (Å²) in [5, 5.41) is 6.31. The Morgan fingerprint density at radius 2 is 1.85 bits per heavy atom. The second-order valence-corrected chi connectivity index (χ2v) is 5.35. The normalized spacial score (nSPS) is 12.6. The number of ether oxygens (including phenoxy) is 1. The molecule has 2 aromatic rings. The van der Waals surface area contributed by atoms with Crippen LogP contribution in [0.1, 0.15) is 26.7 Å². The molecule has 3 heteroatoms. The van der Waals surface area contributed by atoms with Crippen molar-refractivity contribution in [2.75, 3.05) is 13.1 Å². The first-order valence-corrected chi connectivity index (χ1v) is 7.68. The molecule has 2 nitrogen and oxygen atoms in total. The van der Waals surface area contributed by atoms with Crippen LogP contribution in [0.25, 0.3) is 10.8 Å². The van der Waals surface area contributed by atoms with E-state index in [0.29, 0.717) is 0 Å². The molecule has 0 aromatic heterocycles. The van der Waals surface area contributed by atoms with Gasteiger partial charge in [-0.2, -0.15) is 0 Å². The summed E-state index contributed by atoms with van der Waals surface area (Å²) in [6, 6.07) is 12.0. The average molecular weight is 292 g/mol. The summed E-state index contributed by atoms with van der Waals surface area (Å²) >= 11 is 6.23. The van der Waals surface area contributed by atoms with Crippen LogP contribution < -0.4 is 10.1 Å². The van der Waals surface area contributed by atoms with Crippen LogP contribution in [0.15, 0.2) is 36.4 Å². The maximum absolute atomic E-state index is 6.23. The van der Waals surface area contributed by atoms with Crippen molar-refractivity contribution in [2.24, 2.45) is 0 Å². The van der Waals surface area contributed by atoms with Gasteiger partial charge in [0.2, 0.25) is 0 Å². The fourth-order valence-corrected chi connectivity index (χ4v) is 2.45. The number of halogens is 1. The minimum atomic E-state index is 0.186. The lowest BCUT2D eigenvalue weighted by Crippen LogP contribution is -2.31. The fourth-order valence-electron chi connectivity index (χ4n) is 2.23. The van der Waals surface area contributed by atoms with E-state index in [0.717, 1.165) is 47.5 Å². The molecule has 0 heterocycles. The Hall–Kier alpha value is -1.25. The van der Waals surface area contributed by atoms with E-state index in [1.807, 2.05) is 30.3 Å². The van der Waals surface area contributed by atoms with E-state index >= 15 is 0 Å². The minimum absolute atomic E-state index is 0.186. The molecule has 0 saturated carbocycles. The molecular formula is C17H22ClNO. The third-order valence-corrected chi connectivity index (χ3v) is 3.71. The maximum Gasteiger partial charge on any atom is 0.127 e. The number of fused-ring (bicyclic) bond motifs is 1. The van der Waals surface area contributed by atoms with Gasteiger partial charge in [0.15, 0.2) is 0 Å². The van der Waals surface area contributed by atoms with Crippen molar-refractivity contribution < 1.29 is 4.74 Å². The molecule has 0 saturated heterocycles. The highest BCUT2D eigenvalue weighted by atomic mass is 35.5. The van der Waals surface area contributed by atoms with Gasteiger partial charge in [-0.15, -0.1) is 0 Å². The fraction of sp³-hybridized carbons (Fsp3) is 0.412. The van der Waals surface area contributed by atoms with Crippen LogP contribution in [0.2, 0.25) is 5.02 Å². The van der Waals surface area contributed by atoms with E-state index in [2.05, 4.69) is 25.2 Å². The number of benzene rings is 2. The summed E-state index contributed by atoms with van der Waals surface area (Å²) in [6.07, 6.45) is 2.31. The van der Waals surface area contributed by atoms with Gasteiger partial charge in [-0.25, -0.2) is 0 Å². The van der Waals surface area contributed by atoms with E-state index in [1.54, 1.807) is 0 Å². The molecule has 0 aliphatic carbocycles. The van der Waals surface area contributed by atoms with Crippen molar-refractivity contribution in [3.63, 3.8) is 0 Å². The molecule has 0 bridgehead atoms. The topological polar surface area (TPSA) is 21.3 Å². The number of hydrogen-bond donors (Lipinski definition) is 1. The largest absolute Gasteiger partial charge is 0.488 e. The van der Waals surface area contributed by atoms with Crippen molar-refractivity contribution in [3.8, 4) is 5.75 Å². The number of hydrogen-bond acceptors (Lipinski definition) is 2. The Morgan fingerprint density at radius 3 is 2.55 bits per heavy atom. The molecule has 0 amide bonds. The van der Waals surface area contributed by atoms with Crippen LogP contribution in [-0.2, 0) is 0 Å². The van der Waals surface area contributed by atoms with Gasteiger partial charge in [-0.1, -0.05) is 49.7 Å². The predicted octanol–water partition coefficient (Wildman–Crippen LogP) is 4.65. The monoisotopic (exact) mass is 291 g/mol. The van der Waals surface area contributed by atoms with Gasteiger partial charge in [0, 0.05) is 22.3 Å². The molecule has 2 aromatic carbocycles. The van der Waals surface area contributed by atoms with Crippen molar-refractivity contribution >= 4 is 22.4 Å². The lowest BCUT2D eigenvalue weighted by molar-refractivity contribution is 0.196. The Bertz CT molecular complexity index is 556. The smallest absolute Gasteiger partial charge is 0.127 e. The standard InChI is InChI=1S/C17H22ClNO/c1-3-11-19-12-13(4-2)20-17-10-9-16(18)14-7-5-6-8-15(14)17/h5-10,13,19H,3-4,11-12H2,1-2H3. The summed E-state index contributed by atoms with van der Waals surface area (Å²) < 4.78 is 6.16. The van der Waals surface area contributed by atoms with Crippen LogP contribution in [-0.4, -0.2) is 19.2 Å². The zero-order valence-electron chi connectivity index (χ0n) is 12.2. The van der Waals surface area contributed by atoms with Gasteiger partial charge in [-0.05, 0) is 31.5 Å². The molecule has 0 aliphatic heterocycles. The SMILES string of the molecule is CCCNCC(CC)Oc1ccc(Cl)c2ccccc12. The zero-order valence-corrected chi connectivity index (χ0v) is 12.9. The Balaban J connectivity index is 2.18. The lowest BCUT2D eigenvalue weighted by Gasteiger charge is -2.19. The lowest BCUT2D eigenvalue weighted by atomic mass is 10.1. The highest BCUT2D eigenvalue weighted by Gasteiger charge is 2.11. The van der Waals surface area contributed by atoms with Gasteiger partial charge >= 0.3 is 0 Å². The Labute approximate surface area is 126 Å². The number of nitrogens with one attached hydrogen (secondary N) is 1. The van der Waals surface area contributed by atoms with E-state index in [4.69, 9.17) is 16.3 Å². The van der Waals surface area contributed by atoms with E-state index in [9.17, 15) is 0 Å². The van der Waals surface area contributed by atoms with Gasteiger partial charge in [0.25, 0.3) is 0 Å². The first-order valence-electron chi connectivity index (χ1n) is 7.30. The molecule has 0 aliphatic rings. The molecule has 1 N–H and O–H groups in total. The summed E-state index contributed by atoms with van der Waals surface area (Å²) in [4.78, 5) is 0. The zero-order chi connectivity index (χ0) is 14.4. The summed E-state index contributed by atoms with van der Waals surface area (Å²) in [6.45, 7) is 6.22. The van der Waals surface area contributed by atoms with Crippen molar-refractivity contribution in [1.29, 1.82) is 0 Å². The molecule has 1 unspecified atom stereocenters. The van der Waals surface area contributed by atoms with Gasteiger partial charge in [0.05, 0.1) is 0 Å². The van der Waals surface area contributed by atoms with Crippen LogP contribution >= 0.6 is 11.6 Å². The average Bonchev–Trinajstić information content (AvgIpc) is 2.49. The minimum Gasteiger partial charge on any atom is -0.488 e. The third-order valence-electron chi connectivity index (χ3n) is 3.38. The van der Waals surface area contributed by atoms with Crippen LogP contribution in [0.4, 0.5) is 0 Å². The molecule has 0 spiro atoms. The van der Waals surface area contributed by atoms with Gasteiger partial charge in [0.1, 0.15) is 11.9 Å².